The minimum absolute atomic E-state index is 0.0286. The Kier molecular flexibility index (Phi) is 2.39. The topological polar surface area (TPSA) is 53.1 Å². The summed E-state index contributed by atoms with van der Waals surface area (Å²) in [6.07, 6.45) is 1.65. The standard InChI is InChI=1S/C10H10FN3O/c1-14-9(4-5-13-14)7-2-3-10(15-12)8(11)6-7/h2-6H,12H2,1H3. The fourth-order valence-electron chi connectivity index (χ4n) is 1.41. The summed E-state index contributed by atoms with van der Waals surface area (Å²) in [5.74, 6) is 4.43. The molecule has 0 radical (unpaired) electrons. The maximum absolute atomic E-state index is 13.3. The van der Waals surface area contributed by atoms with Crippen LogP contribution in [0.5, 0.6) is 5.75 Å². The van der Waals surface area contributed by atoms with E-state index >= 15 is 0 Å². The highest BCUT2D eigenvalue weighted by Gasteiger charge is 2.07. The number of nitrogens with zero attached hydrogens (tertiary/aromatic N) is 2. The normalized spacial score (nSPS) is 10.3. The molecule has 2 rings (SSSR count). The van der Waals surface area contributed by atoms with E-state index in [0.29, 0.717) is 0 Å². The molecule has 0 bridgehead atoms. The van der Waals surface area contributed by atoms with E-state index in [1.807, 2.05) is 0 Å². The summed E-state index contributed by atoms with van der Waals surface area (Å²) in [6.45, 7) is 0. The van der Waals surface area contributed by atoms with Crippen molar-refractivity contribution in [3.05, 3.63) is 36.3 Å². The zero-order valence-electron chi connectivity index (χ0n) is 8.14. The van der Waals surface area contributed by atoms with Crippen LogP contribution in [0.4, 0.5) is 4.39 Å². The Hall–Kier alpha value is -1.88. The third-order valence-corrected chi connectivity index (χ3v) is 2.18. The molecule has 1 aromatic carbocycles. The summed E-state index contributed by atoms with van der Waals surface area (Å²) in [4.78, 5) is 4.35. The van der Waals surface area contributed by atoms with Crippen molar-refractivity contribution < 1.29 is 9.23 Å². The van der Waals surface area contributed by atoms with Gasteiger partial charge in [0.25, 0.3) is 0 Å². The summed E-state index contributed by atoms with van der Waals surface area (Å²) in [6, 6.07) is 6.37. The molecular weight excluding hydrogens is 197 g/mol. The van der Waals surface area contributed by atoms with Crippen molar-refractivity contribution in [2.24, 2.45) is 12.9 Å². The van der Waals surface area contributed by atoms with Gasteiger partial charge < -0.3 is 4.84 Å². The predicted octanol–water partition coefficient (Wildman–Crippen LogP) is 1.48. The zero-order valence-corrected chi connectivity index (χ0v) is 8.14. The first-order chi connectivity index (χ1) is 7.22. The molecule has 5 heteroatoms. The van der Waals surface area contributed by atoms with Crippen molar-refractivity contribution >= 4 is 0 Å². The van der Waals surface area contributed by atoms with E-state index in [1.54, 1.807) is 30.1 Å². The van der Waals surface area contributed by atoms with Crippen LogP contribution in [0, 0.1) is 5.82 Å². The molecule has 0 aliphatic rings. The van der Waals surface area contributed by atoms with E-state index in [0.717, 1.165) is 11.3 Å². The molecular formula is C10H10FN3O. The SMILES string of the molecule is Cn1nccc1-c1ccc(ON)c(F)c1. The molecule has 1 aromatic heterocycles. The van der Waals surface area contributed by atoms with Crippen molar-refractivity contribution in [1.82, 2.24) is 9.78 Å². The van der Waals surface area contributed by atoms with Gasteiger partial charge in [0.05, 0.1) is 5.69 Å². The molecule has 0 fully saturated rings. The van der Waals surface area contributed by atoms with Crippen LogP contribution < -0.4 is 10.7 Å². The van der Waals surface area contributed by atoms with Crippen LogP contribution in [-0.4, -0.2) is 9.78 Å². The average Bonchev–Trinajstić information content (AvgIpc) is 2.64. The highest BCUT2D eigenvalue weighted by molar-refractivity contribution is 5.60. The van der Waals surface area contributed by atoms with Crippen molar-refractivity contribution in [2.75, 3.05) is 0 Å². The number of halogens is 1. The van der Waals surface area contributed by atoms with Crippen molar-refractivity contribution in [3.8, 4) is 17.0 Å². The Labute approximate surface area is 86.0 Å². The van der Waals surface area contributed by atoms with Gasteiger partial charge in [-0.25, -0.2) is 4.39 Å². The third-order valence-electron chi connectivity index (χ3n) is 2.18. The Balaban J connectivity index is 2.47. The first-order valence-electron chi connectivity index (χ1n) is 4.37. The van der Waals surface area contributed by atoms with Gasteiger partial charge in [-0.2, -0.15) is 11.0 Å². The Morgan fingerprint density at radius 2 is 2.20 bits per heavy atom. The van der Waals surface area contributed by atoms with Gasteiger partial charge >= 0.3 is 0 Å². The number of hydrogen-bond acceptors (Lipinski definition) is 3. The van der Waals surface area contributed by atoms with Gasteiger partial charge in [0.1, 0.15) is 0 Å². The van der Waals surface area contributed by atoms with Gasteiger partial charge in [0, 0.05) is 18.8 Å². The lowest BCUT2D eigenvalue weighted by atomic mass is 10.1. The van der Waals surface area contributed by atoms with Gasteiger partial charge in [-0.15, -0.1) is 0 Å². The summed E-state index contributed by atoms with van der Waals surface area (Å²) in [5, 5.41) is 4.00. The minimum atomic E-state index is -0.490. The maximum atomic E-state index is 13.3. The highest BCUT2D eigenvalue weighted by atomic mass is 19.1. The van der Waals surface area contributed by atoms with Crippen LogP contribution in [0.2, 0.25) is 0 Å². The lowest BCUT2D eigenvalue weighted by Crippen LogP contribution is -2.03. The molecule has 0 aliphatic carbocycles. The zero-order chi connectivity index (χ0) is 10.8. The first-order valence-corrected chi connectivity index (χ1v) is 4.37. The Bertz CT molecular complexity index is 481. The number of aromatic nitrogens is 2. The molecule has 0 unspecified atom stereocenters. The molecule has 0 atom stereocenters. The molecule has 0 amide bonds. The quantitative estimate of drug-likeness (QED) is 0.759. The van der Waals surface area contributed by atoms with Crippen molar-refractivity contribution in [2.45, 2.75) is 0 Å². The number of hydrogen-bond donors (Lipinski definition) is 1. The molecule has 0 aliphatic heterocycles. The molecule has 2 N–H and O–H groups in total. The third kappa shape index (κ3) is 1.69. The summed E-state index contributed by atoms with van der Waals surface area (Å²) >= 11 is 0. The number of aryl methyl sites for hydroxylation is 1. The van der Waals surface area contributed by atoms with Gasteiger partial charge in [-0.05, 0) is 24.3 Å². The summed E-state index contributed by atoms with van der Waals surface area (Å²) < 4.78 is 15.0. The van der Waals surface area contributed by atoms with Crippen LogP contribution in [0.1, 0.15) is 0 Å². The second-order valence-corrected chi connectivity index (χ2v) is 3.10. The average molecular weight is 207 g/mol. The maximum Gasteiger partial charge on any atom is 0.182 e. The second kappa shape index (κ2) is 3.70. The number of nitrogens with two attached hydrogens (primary N) is 1. The van der Waals surface area contributed by atoms with Crippen LogP contribution in [0.25, 0.3) is 11.3 Å². The van der Waals surface area contributed by atoms with E-state index in [-0.39, 0.29) is 5.75 Å². The van der Waals surface area contributed by atoms with Gasteiger partial charge in [-0.3, -0.25) is 4.68 Å². The van der Waals surface area contributed by atoms with Gasteiger partial charge in [-0.1, -0.05) is 0 Å². The molecule has 0 spiro atoms. The molecule has 0 saturated heterocycles. The van der Waals surface area contributed by atoms with E-state index in [1.165, 1.54) is 12.1 Å². The fraction of sp³-hybridized carbons (Fsp3) is 0.100. The minimum Gasteiger partial charge on any atom is -0.408 e. The van der Waals surface area contributed by atoms with E-state index in [4.69, 9.17) is 5.90 Å². The summed E-state index contributed by atoms with van der Waals surface area (Å²) in [5.41, 5.74) is 1.56. The summed E-state index contributed by atoms with van der Waals surface area (Å²) in [7, 11) is 1.79. The second-order valence-electron chi connectivity index (χ2n) is 3.10. The number of rotatable bonds is 2. The smallest absolute Gasteiger partial charge is 0.182 e. The largest absolute Gasteiger partial charge is 0.408 e. The first kappa shape index (κ1) is 9.67. The van der Waals surface area contributed by atoms with E-state index in [2.05, 4.69) is 9.94 Å². The van der Waals surface area contributed by atoms with Crippen molar-refractivity contribution in [1.29, 1.82) is 0 Å². The van der Waals surface area contributed by atoms with Gasteiger partial charge in [0.2, 0.25) is 0 Å². The molecule has 1 heterocycles. The molecule has 2 aromatic rings. The van der Waals surface area contributed by atoms with Crippen LogP contribution >= 0.6 is 0 Å². The molecule has 4 nitrogen and oxygen atoms in total. The monoisotopic (exact) mass is 207 g/mol. The predicted molar refractivity (Wildman–Crippen MR) is 53.4 cm³/mol. The Morgan fingerprint density at radius 1 is 1.40 bits per heavy atom. The lowest BCUT2D eigenvalue weighted by molar-refractivity contribution is 0.316. The fourth-order valence-corrected chi connectivity index (χ4v) is 1.41. The van der Waals surface area contributed by atoms with E-state index in [9.17, 15) is 4.39 Å². The Morgan fingerprint density at radius 3 is 2.73 bits per heavy atom. The van der Waals surface area contributed by atoms with Gasteiger partial charge in [0.15, 0.2) is 11.6 Å². The van der Waals surface area contributed by atoms with E-state index < -0.39 is 5.82 Å². The van der Waals surface area contributed by atoms with Crippen molar-refractivity contribution in [3.63, 3.8) is 0 Å². The van der Waals surface area contributed by atoms with Crippen LogP contribution in [0.15, 0.2) is 30.5 Å². The van der Waals surface area contributed by atoms with Crippen LogP contribution in [0.3, 0.4) is 0 Å². The molecule has 0 saturated carbocycles. The molecule has 15 heavy (non-hydrogen) atoms. The highest BCUT2D eigenvalue weighted by Crippen LogP contribution is 2.24. The number of benzene rings is 1. The van der Waals surface area contributed by atoms with Crippen LogP contribution in [-0.2, 0) is 7.05 Å². The lowest BCUT2D eigenvalue weighted by Gasteiger charge is -2.04. The molecule has 78 valence electrons.